The van der Waals surface area contributed by atoms with Gasteiger partial charge in [0.15, 0.2) is 0 Å². The number of urea groups is 1. The van der Waals surface area contributed by atoms with Crippen molar-refractivity contribution < 1.29 is 4.79 Å². The van der Waals surface area contributed by atoms with Gasteiger partial charge in [-0.1, -0.05) is 6.42 Å². The molecule has 2 amide bonds. The lowest BCUT2D eigenvalue weighted by Gasteiger charge is -2.36. The lowest BCUT2D eigenvalue weighted by molar-refractivity contribution is 0.127. The Labute approximate surface area is 98.0 Å². The summed E-state index contributed by atoms with van der Waals surface area (Å²) in [5.41, 5.74) is 0. The van der Waals surface area contributed by atoms with Crippen LogP contribution in [0, 0.1) is 0 Å². The topological polar surface area (TPSA) is 35.6 Å². The second-order valence-electron chi connectivity index (χ2n) is 4.98. The van der Waals surface area contributed by atoms with E-state index in [0.717, 1.165) is 26.1 Å². The van der Waals surface area contributed by atoms with Crippen LogP contribution in [0.2, 0.25) is 0 Å². The molecule has 4 nitrogen and oxygen atoms in total. The van der Waals surface area contributed by atoms with Gasteiger partial charge in [0.1, 0.15) is 0 Å². The Balaban J connectivity index is 1.80. The maximum atomic E-state index is 11.6. The number of piperidine rings is 1. The van der Waals surface area contributed by atoms with Crippen LogP contribution < -0.4 is 5.32 Å². The van der Waals surface area contributed by atoms with E-state index >= 15 is 0 Å². The van der Waals surface area contributed by atoms with Crippen molar-refractivity contribution in [3.05, 3.63) is 0 Å². The molecule has 0 radical (unpaired) electrons. The van der Waals surface area contributed by atoms with E-state index in [-0.39, 0.29) is 6.03 Å². The molecule has 0 aromatic carbocycles. The summed E-state index contributed by atoms with van der Waals surface area (Å²) in [5, 5.41) is 2.91. The molecule has 2 aliphatic rings. The van der Waals surface area contributed by atoms with Gasteiger partial charge < -0.3 is 10.2 Å². The van der Waals surface area contributed by atoms with Crippen LogP contribution in [0.15, 0.2) is 0 Å². The summed E-state index contributed by atoms with van der Waals surface area (Å²) in [5.74, 6) is 0. The summed E-state index contributed by atoms with van der Waals surface area (Å²) in [6, 6.07) is 0.624. The van der Waals surface area contributed by atoms with E-state index in [4.69, 9.17) is 0 Å². The number of hydrogen-bond donors (Lipinski definition) is 1. The Morgan fingerprint density at radius 1 is 1.19 bits per heavy atom. The molecule has 1 unspecified atom stereocenters. The van der Waals surface area contributed by atoms with Gasteiger partial charge in [-0.3, -0.25) is 4.90 Å². The molecular weight excluding hydrogens is 202 g/mol. The number of hydrogen-bond acceptors (Lipinski definition) is 2. The highest BCUT2D eigenvalue weighted by molar-refractivity contribution is 5.74. The van der Waals surface area contributed by atoms with Crippen molar-refractivity contribution >= 4 is 6.03 Å². The van der Waals surface area contributed by atoms with Crippen molar-refractivity contribution in [2.45, 2.75) is 38.6 Å². The lowest BCUT2D eigenvalue weighted by Crippen LogP contribution is -2.52. The molecule has 2 heterocycles. The molecule has 0 bridgehead atoms. The first-order chi connectivity index (χ1) is 7.77. The van der Waals surface area contributed by atoms with Crippen molar-refractivity contribution in [1.82, 2.24) is 15.1 Å². The Bertz CT molecular complexity index is 238. The second-order valence-corrected chi connectivity index (χ2v) is 4.98. The molecule has 0 spiro atoms. The van der Waals surface area contributed by atoms with Crippen LogP contribution >= 0.6 is 0 Å². The third kappa shape index (κ3) is 2.88. The first kappa shape index (κ1) is 11.7. The number of likely N-dealkylation sites (tertiary alicyclic amines) is 1. The SMILES string of the molecule is CC(CN1CCCNC1=O)N1CCCCC1. The molecule has 1 N–H and O–H groups in total. The zero-order valence-corrected chi connectivity index (χ0v) is 10.2. The average molecular weight is 225 g/mol. The first-order valence-electron chi connectivity index (χ1n) is 6.54. The van der Waals surface area contributed by atoms with Gasteiger partial charge in [0.05, 0.1) is 0 Å². The summed E-state index contributed by atoms with van der Waals surface area (Å²) in [6.45, 7) is 7.30. The highest BCUT2D eigenvalue weighted by Crippen LogP contribution is 2.13. The van der Waals surface area contributed by atoms with Crippen molar-refractivity contribution in [3.8, 4) is 0 Å². The van der Waals surface area contributed by atoms with Crippen LogP contribution in [0.3, 0.4) is 0 Å². The fourth-order valence-electron chi connectivity index (χ4n) is 2.65. The number of rotatable bonds is 3. The fraction of sp³-hybridized carbons (Fsp3) is 0.917. The van der Waals surface area contributed by atoms with Gasteiger partial charge in [-0.2, -0.15) is 0 Å². The summed E-state index contributed by atoms with van der Waals surface area (Å²) >= 11 is 0. The van der Waals surface area contributed by atoms with Gasteiger partial charge in [0.25, 0.3) is 0 Å². The lowest BCUT2D eigenvalue weighted by atomic mass is 10.1. The Morgan fingerprint density at radius 3 is 2.62 bits per heavy atom. The minimum absolute atomic E-state index is 0.120. The monoisotopic (exact) mass is 225 g/mol. The minimum Gasteiger partial charge on any atom is -0.338 e. The van der Waals surface area contributed by atoms with Crippen molar-refractivity contribution in [2.75, 3.05) is 32.7 Å². The second kappa shape index (κ2) is 5.53. The Morgan fingerprint density at radius 2 is 1.94 bits per heavy atom. The summed E-state index contributed by atoms with van der Waals surface area (Å²) < 4.78 is 0. The molecule has 2 saturated heterocycles. The van der Waals surface area contributed by atoms with E-state index in [1.165, 1.54) is 32.4 Å². The number of nitrogens with one attached hydrogen (secondary N) is 1. The smallest absolute Gasteiger partial charge is 0.317 e. The molecule has 2 aliphatic heterocycles. The van der Waals surface area contributed by atoms with Crippen LogP contribution in [0.25, 0.3) is 0 Å². The molecule has 4 heteroatoms. The normalized spacial score (nSPS) is 25.3. The number of carbonyl (C=O) groups is 1. The molecule has 0 aromatic rings. The van der Waals surface area contributed by atoms with E-state index in [2.05, 4.69) is 17.1 Å². The van der Waals surface area contributed by atoms with Crippen LogP contribution in [0.4, 0.5) is 4.79 Å². The van der Waals surface area contributed by atoms with Crippen LogP contribution in [0.1, 0.15) is 32.6 Å². The molecule has 1 atom stereocenters. The van der Waals surface area contributed by atoms with Gasteiger partial charge in [-0.15, -0.1) is 0 Å². The maximum Gasteiger partial charge on any atom is 0.317 e. The summed E-state index contributed by atoms with van der Waals surface area (Å²) in [7, 11) is 0. The van der Waals surface area contributed by atoms with Crippen molar-refractivity contribution in [1.29, 1.82) is 0 Å². The van der Waals surface area contributed by atoms with E-state index in [1.54, 1.807) is 0 Å². The summed E-state index contributed by atoms with van der Waals surface area (Å²) in [4.78, 5) is 16.1. The van der Waals surface area contributed by atoms with Gasteiger partial charge >= 0.3 is 6.03 Å². The summed E-state index contributed by atoms with van der Waals surface area (Å²) in [6.07, 6.45) is 5.08. The van der Waals surface area contributed by atoms with E-state index in [1.807, 2.05) is 4.90 Å². The standard InChI is InChI=1S/C12H23N3O/c1-11(14-7-3-2-4-8-14)10-15-9-5-6-13-12(15)16/h11H,2-10H2,1H3,(H,13,16). The minimum atomic E-state index is 0.120. The van der Waals surface area contributed by atoms with Crippen LogP contribution in [-0.2, 0) is 0 Å². The predicted octanol–water partition coefficient (Wildman–Crippen LogP) is 1.28. The fourth-order valence-corrected chi connectivity index (χ4v) is 2.65. The van der Waals surface area contributed by atoms with Crippen molar-refractivity contribution in [3.63, 3.8) is 0 Å². The van der Waals surface area contributed by atoms with Gasteiger partial charge in [-0.05, 0) is 39.3 Å². The molecule has 0 aliphatic carbocycles. The zero-order chi connectivity index (χ0) is 11.4. The Hall–Kier alpha value is -0.770. The van der Waals surface area contributed by atoms with Crippen molar-refractivity contribution in [2.24, 2.45) is 0 Å². The first-order valence-corrected chi connectivity index (χ1v) is 6.54. The number of nitrogens with zero attached hydrogens (tertiary/aromatic N) is 2. The molecule has 2 fully saturated rings. The predicted molar refractivity (Wildman–Crippen MR) is 64.5 cm³/mol. The molecular formula is C12H23N3O. The van der Waals surface area contributed by atoms with E-state index in [0.29, 0.717) is 6.04 Å². The maximum absolute atomic E-state index is 11.6. The number of amides is 2. The van der Waals surface area contributed by atoms with E-state index in [9.17, 15) is 4.79 Å². The van der Waals surface area contributed by atoms with Crippen LogP contribution in [0.5, 0.6) is 0 Å². The average Bonchev–Trinajstić information content (AvgIpc) is 2.33. The molecule has 2 rings (SSSR count). The Kier molecular flexibility index (Phi) is 4.04. The van der Waals surface area contributed by atoms with Gasteiger partial charge in [0, 0.05) is 25.7 Å². The third-order valence-corrected chi connectivity index (χ3v) is 3.67. The molecule has 0 aromatic heterocycles. The largest absolute Gasteiger partial charge is 0.338 e. The number of carbonyl (C=O) groups excluding carboxylic acids is 1. The van der Waals surface area contributed by atoms with E-state index < -0.39 is 0 Å². The van der Waals surface area contributed by atoms with Gasteiger partial charge in [0.2, 0.25) is 0 Å². The quantitative estimate of drug-likeness (QED) is 0.785. The molecule has 0 saturated carbocycles. The molecule has 16 heavy (non-hydrogen) atoms. The van der Waals surface area contributed by atoms with Crippen LogP contribution in [-0.4, -0.2) is 54.6 Å². The zero-order valence-electron chi connectivity index (χ0n) is 10.2. The highest BCUT2D eigenvalue weighted by Gasteiger charge is 2.23. The third-order valence-electron chi connectivity index (χ3n) is 3.67. The highest BCUT2D eigenvalue weighted by atomic mass is 16.2. The van der Waals surface area contributed by atoms with Gasteiger partial charge in [-0.25, -0.2) is 4.79 Å². The molecule has 92 valence electrons.